The summed E-state index contributed by atoms with van der Waals surface area (Å²) >= 11 is 0. The number of hydrogen-bond acceptors (Lipinski definition) is 4. The minimum Gasteiger partial charge on any atom is -0.367 e. The van der Waals surface area contributed by atoms with Gasteiger partial charge in [-0.15, -0.1) is 0 Å². The fraction of sp³-hybridized carbons (Fsp3) is 0.250. The van der Waals surface area contributed by atoms with E-state index in [1.165, 1.54) is 6.08 Å². The molecule has 6 heteroatoms. The molecule has 0 aliphatic heterocycles. The van der Waals surface area contributed by atoms with Crippen LogP contribution in [-0.2, 0) is 4.79 Å². The summed E-state index contributed by atoms with van der Waals surface area (Å²) in [5.74, 6) is 0.208. The second kappa shape index (κ2) is 4.87. The molecule has 0 saturated carbocycles. The van der Waals surface area contributed by atoms with Crippen molar-refractivity contribution in [3.63, 3.8) is 0 Å². The van der Waals surface area contributed by atoms with Crippen LogP contribution in [0.4, 0.5) is 5.82 Å². The maximum Gasteiger partial charge on any atom is 0.241 e. The Balaban J connectivity index is 2.40. The number of primary amides is 1. The molecule has 0 aromatic carbocycles. The van der Waals surface area contributed by atoms with Crippen LogP contribution in [0.2, 0.25) is 0 Å². The van der Waals surface area contributed by atoms with Crippen LogP contribution in [-0.4, -0.2) is 26.9 Å². The molecule has 94 valence electrons. The van der Waals surface area contributed by atoms with Crippen LogP contribution in [0.5, 0.6) is 0 Å². The van der Waals surface area contributed by atoms with Crippen LogP contribution >= 0.6 is 0 Å². The first-order valence-corrected chi connectivity index (χ1v) is 5.64. The third-order valence-electron chi connectivity index (χ3n) is 2.27. The zero-order chi connectivity index (χ0) is 13.1. The van der Waals surface area contributed by atoms with Gasteiger partial charge in [-0.1, -0.05) is 0 Å². The van der Waals surface area contributed by atoms with Crippen LogP contribution in [0.25, 0.3) is 17.2 Å². The highest BCUT2D eigenvalue weighted by Gasteiger charge is 2.06. The highest BCUT2D eigenvalue weighted by atomic mass is 16.1. The first-order valence-electron chi connectivity index (χ1n) is 5.64. The van der Waals surface area contributed by atoms with E-state index in [9.17, 15) is 4.79 Å². The zero-order valence-electron chi connectivity index (χ0n) is 10.3. The molecule has 0 spiro atoms. The number of aromatic amines is 1. The van der Waals surface area contributed by atoms with Crippen LogP contribution in [0.15, 0.2) is 18.5 Å². The Labute approximate surface area is 104 Å². The van der Waals surface area contributed by atoms with Gasteiger partial charge < -0.3 is 16.0 Å². The van der Waals surface area contributed by atoms with E-state index in [2.05, 4.69) is 20.3 Å². The number of anilines is 1. The van der Waals surface area contributed by atoms with Crippen LogP contribution < -0.4 is 11.1 Å². The Kier molecular flexibility index (Phi) is 3.27. The van der Waals surface area contributed by atoms with Gasteiger partial charge in [-0.3, -0.25) is 4.79 Å². The van der Waals surface area contributed by atoms with E-state index in [0.717, 1.165) is 5.56 Å². The first-order chi connectivity index (χ1) is 8.56. The molecule has 0 unspecified atom stereocenters. The molecule has 6 nitrogen and oxygen atoms in total. The van der Waals surface area contributed by atoms with Gasteiger partial charge in [-0.05, 0) is 19.9 Å². The lowest BCUT2D eigenvalue weighted by Gasteiger charge is -2.07. The Bertz CT molecular complexity index is 600. The summed E-state index contributed by atoms with van der Waals surface area (Å²) in [6.45, 7) is 4.05. The average Bonchev–Trinajstić information content (AvgIpc) is 2.68. The lowest BCUT2D eigenvalue weighted by molar-refractivity contribution is -0.113. The van der Waals surface area contributed by atoms with E-state index in [1.54, 1.807) is 18.5 Å². The number of fused-ring (bicyclic) bond motifs is 1. The topological polar surface area (TPSA) is 96.7 Å². The second-order valence-electron chi connectivity index (χ2n) is 4.23. The third kappa shape index (κ3) is 2.65. The summed E-state index contributed by atoms with van der Waals surface area (Å²) in [5, 5.41) is 3.18. The van der Waals surface area contributed by atoms with E-state index in [-0.39, 0.29) is 6.04 Å². The van der Waals surface area contributed by atoms with Crippen molar-refractivity contribution < 1.29 is 4.79 Å². The summed E-state index contributed by atoms with van der Waals surface area (Å²) in [6.07, 6.45) is 6.32. The number of carbonyl (C=O) groups excluding carboxylic acids is 1. The van der Waals surface area contributed by atoms with Gasteiger partial charge in [-0.25, -0.2) is 9.97 Å². The van der Waals surface area contributed by atoms with Gasteiger partial charge in [0.05, 0.1) is 6.20 Å². The molecule has 0 bridgehead atoms. The van der Waals surface area contributed by atoms with Gasteiger partial charge in [0.2, 0.25) is 5.91 Å². The molecule has 4 N–H and O–H groups in total. The Morgan fingerprint density at radius 2 is 2.33 bits per heavy atom. The van der Waals surface area contributed by atoms with Gasteiger partial charge in [0.25, 0.3) is 0 Å². The van der Waals surface area contributed by atoms with Gasteiger partial charge in [0.1, 0.15) is 11.3 Å². The maximum atomic E-state index is 10.7. The van der Waals surface area contributed by atoms with Crippen molar-refractivity contribution in [1.82, 2.24) is 15.0 Å². The average molecular weight is 245 g/mol. The Hall–Kier alpha value is -2.37. The molecule has 0 fully saturated rings. The predicted octanol–water partition coefficient (Wildman–Crippen LogP) is 1.28. The quantitative estimate of drug-likeness (QED) is 0.707. The number of hydrogen-bond donors (Lipinski definition) is 3. The Morgan fingerprint density at radius 1 is 1.56 bits per heavy atom. The summed E-state index contributed by atoms with van der Waals surface area (Å²) < 4.78 is 0. The SMILES string of the molecule is CC(C)Nc1cnc2[nH]cc(C=CC(N)=O)c2n1. The largest absolute Gasteiger partial charge is 0.367 e. The summed E-state index contributed by atoms with van der Waals surface area (Å²) in [5.41, 5.74) is 7.23. The van der Waals surface area contributed by atoms with Gasteiger partial charge in [-0.2, -0.15) is 0 Å². The van der Waals surface area contributed by atoms with Crippen LogP contribution in [0.1, 0.15) is 19.4 Å². The van der Waals surface area contributed by atoms with Crippen LogP contribution in [0.3, 0.4) is 0 Å². The van der Waals surface area contributed by atoms with Crippen molar-refractivity contribution in [2.45, 2.75) is 19.9 Å². The lowest BCUT2D eigenvalue weighted by Crippen LogP contribution is -2.11. The number of aromatic nitrogens is 3. The fourth-order valence-electron chi connectivity index (χ4n) is 1.57. The summed E-state index contributed by atoms with van der Waals surface area (Å²) in [4.78, 5) is 22.4. The Morgan fingerprint density at radius 3 is 3.00 bits per heavy atom. The smallest absolute Gasteiger partial charge is 0.241 e. The number of H-pyrrole nitrogens is 1. The van der Waals surface area contributed by atoms with E-state index in [0.29, 0.717) is 17.0 Å². The van der Waals surface area contributed by atoms with Crippen molar-refractivity contribution in [3.05, 3.63) is 24.0 Å². The molecular weight excluding hydrogens is 230 g/mol. The van der Waals surface area contributed by atoms with E-state index >= 15 is 0 Å². The molecule has 2 rings (SSSR count). The number of nitrogens with zero attached hydrogens (tertiary/aromatic N) is 2. The molecular formula is C12H15N5O. The standard InChI is InChI=1S/C12H15N5O/c1-7(2)16-10-6-15-12-11(17-10)8(5-14-12)3-4-9(13)18/h3-7H,1-2H3,(H2,13,18)(H,14,15)(H,16,17). The van der Waals surface area contributed by atoms with Crippen molar-refractivity contribution >= 4 is 29.0 Å². The minimum absolute atomic E-state index is 0.278. The molecule has 0 aliphatic rings. The highest BCUT2D eigenvalue weighted by molar-refractivity contribution is 5.93. The summed E-state index contributed by atoms with van der Waals surface area (Å²) in [7, 11) is 0. The molecule has 0 aliphatic carbocycles. The normalized spacial score (nSPS) is 11.5. The van der Waals surface area contributed by atoms with Crippen molar-refractivity contribution in [2.75, 3.05) is 5.32 Å². The number of amides is 1. The molecule has 2 aromatic rings. The fourth-order valence-corrected chi connectivity index (χ4v) is 1.57. The second-order valence-corrected chi connectivity index (χ2v) is 4.23. The van der Waals surface area contributed by atoms with Gasteiger partial charge in [0, 0.05) is 23.9 Å². The molecule has 1 amide bonds. The van der Waals surface area contributed by atoms with Crippen molar-refractivity contribution in [3.8, 4) is 0 Å². The zero-order valence-corrected chi connectivity index (χ0v) is 10.3. The number of rotatable bonds is 4. The molecule has 2 aromatic heterocycles. The third-order valence-corrected chi connectivity index (χ3v) is 2.27. The predicted molar refractivity (Wildman–Crippen MR) is 70.9 cm³/mol. The van der Waals surface area contributed by atoms with Crippen LogP contribution in [0, 0.1) is 0 Å². The maximum absolute atomic E-state index is 10.7. The highest BCUT2D eigenvalue weighted by Crippen LogP contribution is 2.17. The van der Waals surface area contributed by atoms with E-state index in [1.807, 2.05) is 13.8 Å². The van der Waals surface area contributed by atoms with E-state index < -0.39 is 5.91 Å². The number of carbonyl (C=O) groups is 1. The van der Waals surface area contributed by atoms with Gasteiger partial charge in [0.15, 0.2) is 5.65 Å². The molecule has 0 atom stereocenters. The molecule has 0 saturated heterocycles. The number of nitrogens with two attached hydrogens (primary N) is 1. The van der Waals surface area contributed by atoms with Crippen molar-refractivity contribution in [2.24, 2.45) is 5.73 Å². The molecule has 2 heterocycles. The first kappa shape index (κ1) is 12.1. The van der Waals surface area contributed by atoms with Gasteiger partial charge >= 0.3 is 0 Å². The monoisotopic (exact) mass is 245 g/mol. The molecule has 0 radical (unpaired) electrons. The lowest BCUT2D eigenvalue weighted by atomic mass is 10.2. The van der Waals surface area contributed by atoms with Crippen molar-refractivity contribution in [1.29, 1.82) is 0 Å². The summed E-state index contributed by atoms with van der Waals surface area (Å²) in [6, 6.07) is 0.278. The van der Waals surface area contributed by atoms with E-state index in [4.69, 9.17) is 5.73 Å². The molecule has 18 heavy (non-hydrogen) atoms. The number of nitrogens with one attached hydrogen (secondary N) is 2. The minimum atomic E-state index is -0.492.